The van der Waals surface area contributed by atoms with E-state index in [1.807, 2.05) is 0 Å². The summed E-state index contributed by atoms with van der Waals surface area (Å²) in [5.74, 6) is -1.36. The van der Waals surface area contributed by atoms with Crippen LogP contribution in [-0.2, 0) is 14.4 Å². The van der Waals surface area contributed by atoms with E-state index in [1.54, 1.807) is 48.5 Å². The van der Waals surface area contributed by atoms with Gasteiger partial charge in [0.05, 0.1) is 40.6 Å². The molecule has 38 heavy (non-hydrogen) atoms. The van der Waals surface area contributed by atoms with Gasteiger partial charge in [0, 0.05) is 5.69 Å². The molecule has 0 spiro atoms. The molecule has 3 amide bonds. The molecular weight excluding hydrogens is 603 g/mol. The Bertz CT molecular complexity index is 1390. The zero-order valence-corrected chi connectivity index (χ0v) is 23.1. The molecular formula is C25H21BrCl2N4O6. The van der Waals surface area contributed by atoms with Gasteiger partial charge in [0.2, 0.25) is 0 Å². The van der Waals surface area contributed by atoms with Crippen LogP contribution in [0.2, 0.25) is 10.0 Å². The molecule has 10 nitrogen and oxygen atoms in total. The van der Waals surface area contributed by atoms with Gasteiger partial charge in [0.25, 0.3) is 5.91 Å². The maximum absolute atomic E-state index is 12.3. The second-order valence-corrected chi connectivity index (χ2v) is 9.02. The number of para-hydroxylation sites is 2. The fourth-order valence-corrected chi connectivity index (χ4v) is 3.88. The Morgan fingerprint density at radius 2 is 1.66 bits per heavy atom. The van der Waals surface area contributed by atoms with Gasteiger partial charge in [-0.25, -0.2) is 5.43 Å². The number of nitrogens with one attached hydrogen (secondary N) is 3. The van der Waals surface area contributed by atoms with Crippen LogP contribution >= 0.6 is 39.1 Å². The summed E-state index contributed by atoms with van der Waals surface area (Å²) in [5.41, 5.74) is 3.46. The van der Waals surface area contributed by atoms with Crippen LogP contribution in [0.5, 0.6) is 17.2 Å². The first kappa shape index (κ1) is 28.8. The minimum atomic E-state index is -0.980. The lowest BCUT2D eigenvalue weighted by Gasteiger charge is -2.13. The number of ether oxygens (including phenoxy) is 3. The number of amides is 3. The van der Waals surface area contributed by atoms with Gasteiger partial charge in [-0.3, -0.25) is 14.4 Å². The van der Waals surface area contributed by atoms with Crippen molar-refractivity contribution in [2.24, 2.45) is 5.10 Å². The van der Waals surface area contributed by atoms with Gasteiger partial charge in [0.15, 0.2) is 18.1 Å². The highest BCUT2D eigenvalue weighted by Gasteiger charge is 2.16. The van der Waals surface area contributed by atoms with Crippen molar-refractivity contribution >= 4 is 74.4 Å². The van der Waals surface area contributed by atoms with Crippen LogP contribution in [0.1, 0.15) is 5.56 Å². The number of hydrogen-bond donors (Lipinski definition) is 3. The maximum atomic E-state index is 12.3. The summed E-state index contributed by atoms with van der Waals surface area (Å²) in [6.07, 6.45) is 1.31. The smallest absolute Gasteiger partial charge is 0.329 e. The summed E-state index contributed by atoms with van der Waals surface area (Å²) in [6.45, 7) is -0.319. The molecule has 0 unspecified atom stereocenters. The lowest BCUT2D eigenvalue weighted by molar-refractivity contribution is -0.136. The summed E-state index contributed by atoms with van der Waals surface area (Å²) < 4.78 is 16.6. The fourth-order valence-electron chi connectivity index (χ4n) is 3.01. The molecule has 198 valence electrons. The zero-order chi connectivity index (χ0) is 27.7. The van der Waals surface area contributed by atoms with Crippen molar-refractivity contribution in [3.8, 4) is 17.2 Å². The quantitative estimate of drug-likeness (QED) is 0.177. The Morgan fingerprint density at radius 3 is 2.37 bits per heavy atom. The van der Waals surface area contributed by atoms with Gasteiger partial charge in [-0.05, 0) is 64.0 Å². The molecule has 13 heteroatoms. The molecule has 3 N–H and O–H groups in total. The van der Waals surface area contributed by atoms with E-state index in [-0.39, 0.29) is 12.4 Å². The Hall–Kier alpha value is -3.80. The summed E-state index contributed by atoms with van der Waals surface area (Å²) in [6, 6.07) is 14.5. The SMILES string of the molecule is COc1ccccc1NC(=O)C(=O)NN=Cc1cc(Br)c(OCC(=O)Nc2ccc(Cl)c(Cl)c2)c(OC)c1. The first-order valence-electron chi connectivity index (χ1n) is 10.7. The van der Waals surface area contributed by atoms with E-state index in [0.29, 0.717) is 43.0 Å². The number of nitrogens with zero attached hydrogens (tertiary/aromatic N) is 1. The highest BCUT2D eigenvalue weighted by atomic mass is 79.9. The van der Waals surface area contributed by atoms with Crippen molar-refractivity contribution < 1.29 is 28.6 Å². The number of methoxy groups -OCH3 is 2. The van der Waals surface area contributed by atoms with Crippen molar-refractivity contribution in [1.82, 2.24) is 5.43 Å². The van der Waals surface area contributed by atoms with Crippen molar-refractivity contribution in [2.45, 2.75) is 0 Å². The molecule has 3 aromatic carbocycles. The summed E-state index contributed by atoms with van der Waals surface area (Å²) >= 11 is 15.2. The number of hydrogen-bond acceptors (Lipinski definition) is 7. The van der Waals surface area contributed by atoms with Crippen molar-refractivity contribution in [3.63, 3.8) is 0 Å². The third kappa shape index (κ3) is 7.85. The van der Waals surface area contributed by atoms with E-state index in [0.717, 1.165) is 0 Å². The summed E-state index contributed by atoms with van der Waals surface area (Å²) in [7, 11) is 2.87. The molecule has 0 aliphatic carbocycles. The molecule has 0 aliphatic rings. The largest absolute Gasteiger partial charge is 0.495 e. The molecule has 0 saturated carbocycles. The number of carbonyl (C=O) groups is 3. The van der Waals surface area contributed by atoms with Gasteiger partial charge in [-0.1, -0.05) is 35.3 Å². The molecule has 0 atom stereocenters. The molecule has 0 saturated heterocycles. The third-order valence-corrected chi connectivity index (χ3v) is 6.07. The first-order chi connectivity index (χ1) is 18.2. The van der Waals surface area contributed by atoms with Crippen molar-refractivity contribution in [2.75, 3.05) is 31.5 Å². The molecule has 0 radical (unpaired) electrons. The lowest BCUT2D eigenvalue weighted by atomic mass is 10.2. The number of halogens is 3. The van der Waals surface area contributed by atoms with E-state index in [9.17, 15) is 14.4 Å². The third-order valence-electron chi connectivity index (χ3n) is 4.74. The molecule has 3 rings (SSSR count). The average Bonchev–Trinajstić information content (AvgIpc) is 2.90. The van der Waals surface area contributed by atoms with E-state index in [2.05, 4.69) is 37.1 Å². The molecule has 0 aromatic heterocycles. The second-order valence-electron chi connectivity index (χ2n) is 7.35. The Balaban J connectivity index is 1.59. The standard InChI is InChI=1S/C25H21BrCl2N4O6/c1-36-20-6-4-3-5-19(20)31-24(34)25(35)32-29-12-14-9-16(26)23(21(10-14)37-2)38-13-22(33)30-15-7-8-17(27)18(28)11-15/h3-12H,13H2,1-2H3,(H,30,33)(H,31,34)(H,32,35). The highest BCUT2D eigenvalue weighted by molar-refractivity contribution is 9.10. The van der Waals surface area contributed by atoms with Gasteiger partial charge in [-0.2, -0.15) is 5.10 Å². The lowest BCUT2D eigenvalue weighted by Crippen LogP contribution is -2.32. The minimum Gasteiger partial charge on any atom is -0.495 e. The number of benzene rings is 3. The predicted molar refractivity (Wildman–Crippen MR) is 149 cm³/mol. The Labute approximate surface area is 236 Å². The number of rotatable bonds is 9. The molecule has 0 fully saturated rings. The van der Waals surface area contributed by atoms with Crippen LogP contribution in [0, 0.1) is 0 Å². The van der Waals surface area contributed by atoms with E-state index < -0.39 is 17.7 Å². The minimum absolute atomic E-state index is 0.272. The topological polar surface area (TPSA) is 127 Å². The normalized spacial score (nSPS) is 10.6. The number of hydrazone groups is 1. The Kier molecular flexibility index (Phi) is 10.3. The number of anilines is 2. The van der Waals surface area contributed by atoms with Crippen LogP contribution in [0.25, 0.3) is 0 Å². The highest BCUT2D eigenvalue weighted by Crippen LogP contribution is 2.36. The van der Waals surface area contributed by atoms with Gasteiger partial charge < -0.3 is 24.8 Å². The predicted octanol–water partition coefficient (Wildman–Crippen LogP) is 4.88. The van der Waals surface area contributed by atoms with Crippen molar-refractivity contribution in [3.05, 3.63) is 74.7 Å². The molecule has 0 bridgehead atoms. The van der Waals surface area contributed by atoms with Crippen molar-refractivity contribution in [1.29, 1.82) is 0 Å². The van der Waals surface area contributed by atoms with Crippen LogP contribution in [0.15, 0.2) is 64.2 Å². The summed E-state index contributed by atoms with van der Waals surface area (Å²) in [5, 5.41) is 9.59. The Morgan fingerprint density at radius 1 is 0.921 bits per heavy atom. The monoisotopic (exact) mass is 622 g/mol. The number of carbonyl (C=O) groups excluding carboxylic acids is 3. The van der Waals surface area contributed by atoms with Crippen LogP contribution in [-0.4, -0.2) is 44.8 Å². The first-order valence-corrected chi connectivity index (χ1v) is 12.3. The maximum Gasteiger partial charge on any atom is 0.329 e. The average molecular weight is 624 g/mol. The molecule has 0 heterocycles. The van der Waals surface area contributed by atoms with Crippen LogP contribution in [0.4, 0.5) is 11.4 Å². The van der Waals surface area contributed by atoms with Gasteiger partial charge >= 0.3 is 11.8 Å². The van der Waals surface area contributed by atoms with Gasteiger partial charge in [0.1, 0.15) is 5.75 Å². The van der Waals surface area contributed by atoms with E-state index in [4.69, 9.17) is 37.4 Å². The summed E-state index contributed by atoms with van der Waals surface area (Å²) in [4.78, 5) is 36.6. The van der Waals surface area contributed by atoms with E-state index in [1.165, 1.54) is 26.5 Å². The van der Waals surface area contributed by atoms with Gasteiger partial charge in [-0.15, -0.1) is 0 Å². The van der Waals surface area contributed by atoms with E-state index >= 15 is 0 Å². The molecule has 3 aromatic rings. The molecule has 0 aliphatic heterocycles. The van der Waals surface area contributed by atoms with Crippen LogP contribution < -0.4 is 30.3 Å². The fraction of sp³-hybridized carbons (Fsp3) is 0.120. The second kappa shape index (κ2) is 13.7. The zero-order valence-electron chi connectivity index (χ0n) is 20.0. The van der Waals surface area contributed by atoms with Crippen LogP contribution in [0.3, 0.4) is 0 Å².